The van der Waals surface area contributed by atoms with Crippen molar-refractivity contribution in [2.45, 2.75) is 27.2 Å². The summed E-state index contributed by atoms with van der Waals surface area (Å²) in [5, 5.41) is 6.81. The van der Waals surface area contributed by atoms with Crippen LogP contribution in [0.4, 0.5) is 0 Å². The molecule has 26 heavy (non-hydrogen) atoms. The second-order valence-electron chi connectivity index (χ2n) is 6.10. The Labute approximate surface area is 162 Å². The lowest BCUT2D eigenvalue weighted by atomic mass is 10.2. The number of benzene rings is 1. The zero-order chi connectivity index (χ0) is 18.7. The average Bonchev–Trinajstić information content (AvgIpc) is 3.19. The first-order valence-corrected chi connectivity index (χ1v) is 9.52. The van der Waals surface area contributed by atoms with Crippen molar-refractivity contribution in [1.82, 2.24) is 9.99 Å². The van der Waals surface area contributed by atoms with Gasteiger partial charge in [0.05, 0.1) is 12.6 Å². The zero-order valence-electron chi connectivity index (χ0n) is 14.9. The fourth-order valence-electron chi connectivity index (χ4n) is 2.91. The predicted molar refractivity (Wildman–Crippen MR) is 109 cm³/mol. The maximum Gasteiger partial charge on any atom is 0.245 e. The number of carbonyl (C=O) groups is 1. The van der Waals surface area contributed by atoms with Gasteiger partial charge in [0.1, 0.15) is 0 Å². The maximum atomic E-state index is 11.9. The summed E-state index contributed by atoms with van der Waals surface area (Å²) in [6.45, 7) is 6.08. The van der Waals surface area contributed by atoms with E-state index in [4.69, 9.17) is 11.6 Å². The summed E-state index contributed by atoms with van der Waals surface area (Å²) in [5.74, 6) is -0.122. The van der Waals surface area contributed by atoms with Crippen LogP contribution < -0.4 is 5.43 Å². The SMILES string of the molecule is Cc1c(Cl)cccc1-n1c(C)cc(/C=N\NC(=O)Cc2cccs2)c1C. The molecule has 0 bridgehead atoms. The van der Waals surface area contributed by atoms with E-state index in [1.807, 2.05) is 62.5 Å². The molecule has 0 fully saturated rings. The molecule has 0 aliphatic carbocycles. The van der Waals surface area contributed by atoms with Crippen LogP contribution in [0, 0.1) is 20.8 Å². The minimum Gasteiger partial charge on any atom is -0.318 e. The average molecular weight is 386 g/mol. The summed E-state index contributed by atoms with van der Waals surface area (Å²) in [6, 6.07) is 11.8. The highest BCUT2D eigenvalue weighted by Gasteiger charge is 2.12. The molecule has 2 heterocycles. The third kappa shape index (κ3) is 3.89. The monoisotopic (exact) mass is 385 g/mol. The van der Waals surface area contributed by atoms with Crippen molar-refractivity contribution in [1.29, 1.82) is 0 Å². The van der Waals surface area contributed by atoms with Gasteiger partial charge in [0.15, 0.2) is 0 Å². The molecule has 0 aliphatic rings. The number of carbonyl (C=O) groups excluding carboxylic acids is 1. The van der Waals surface area contributed by atoms with Crippen LogP contribution in [0.2, 0.25) is 5.02 Å². The molecule has 134 valence electrons. The van der Waals surface area contributed by atoms with E-state index in [-0.39, 0.29) is 5.91 Å². The maximum absolute atomic E-state index is 11.9. The van der Waals surface area contributed by atoms with Crippen molar-refractivity contribution in [2.24, 2.45) is 5.10 Å². The first-order chi connectivity index (χ1) is 12.5. The van der Waals surface area contributed by atoms with E-state index in [0.29, 0.717) is 6.42 Å². The van der Waals surface area contributed by atoms with Crippen molar-refractivity contribution < 1.29 is 4.79 Å². The molecule has 0 atom stereocenters. The van der Waals surface area contributed by atoms with Crippen LogP contribution in [0.3, 0.4) is 0 Å². The van der Waals surface area contributed by atoms with Crippen molar-refractivity contribution in [3.63, 3.8) is 0 Å². The van der Waals surface area contributed by atoms with Gasteiger partial charge in [-0.25, -0.2) is 5.43 Å². The Hall–Kier alpha value is -2.37. The number of hydrogen-bond acceptors (Lipinski definition) is 3. The number of amides is 1. The summed E-state index contributed by atoms with van der Waals surface area (Å²) in [7, 11) is 0. The van der Waals surface area contributed by atoms with Gasteiger partial charge in [-0.3, -0.25) is 4.79 Å². The molecule has 4 nitrogen and oxygen atoms in total. The van der Waals surface area contributed by atoms with Gasteiger partial charge >= 0.3 is 0 Å². The molecule has 3 aromatic rings. The van der Waals surface area contributed by atoms with E-state index in [9.17, 15) is 4.79 Å². The van der Waals surface area contributed by atoms with Crippen LogP contribution in [0.15, 0.2) is 46.9 Å². The molecular formula is C20H20ClN3OS. The van der Waals surface area contributed by atoms with Gasteiger partial charge in [-0.15, -0.1) is 11.3 Å². The second kappa shape index (κ2) is 7.89. The summed E-state index contributed by atoms with van der Waals surface area (Å²) in [5.41, 5.74) is 7.76. The highest BCUT2D eigenvalue weighted by Crippen LogP contribution is 2.26. The van der Waals surface area contributed by atoms with E-state index in [2.05, 4.69) is 15.1 Å². The lowest BCUT2D eigenvalue weighted by Gasteiger charge is -2.13. The van der Waals surface area contributed by atoms with E-state index >= 15 is 0 Å². The molecule has 6 heteroatoms. The lowest BCUT2D eigenvalue weighted by Crippen LogP contribution is -2.19. The van der Waals surface area contributed by atoms with E-state index < -0.39 is 0 Å². The third-order valence-electron chi connectivity index (χ3n) is 4.26. The fourth-order valence-corrected chi connectivity index (χ4v) is 3.79. The molecule has 1 aromatic carbocycles. The van der Waals surface area contributed by atoms with Gasteiger partial charge in [-0.2, -0.15) is 5.10 Å². The molecule has 0 saturated heterocycles. The molecule has 0 spiro atoms. The van der Waals surface area contributed by atoms with Gasteiger partial charge in [0, 0.05) is 32.5 Å². The van der Waals surface area contributed by atoms with Crippen LogP contribution in [-0.2, 0) is 11.2 Å². The molecule has 3 rings (SSSR count). The number of nitrogens with zero attached hydrogens (tertiary/aromatic N) is 2. The van der Waals surface area contributed by atoms with Crippen molar-refractivity contribution in [3.8, 4) is 5.69 Å². The van der Waals surface area contributed by atoms with Crippen LogP contribution >= 0.6 is 22.9 Å². The summed E-state index contributed by atoms with van der Waals surface area (Å²) in [6.07, 6.45) is 2.03. The lowest BCUT2D eigenvalue weighted by molar-refractivity contribution is -0.120. The molecule has 0 aliphatic heterocycles. The van der Waals surface area contributed by atoms with Gasteiger partial charge in [-0.05, 0) is 56.0 Å². The Balaban J connectivity index is 1.77. The topological polar surface area (TPSA) is 46.4 Å². The number of aromatic nitrogens is 1. The Morgan fingerprint density at radius 1 is 1.27 bits per heavy atom. The predicted octanol–water partition coefficient (Wildman–Crippen LogP) is 4.81. The highest BCUT2D eigenvalue weighted by atomic mass is 35.5. The molecule has 0 unspecified atom stereocenters. The molecular weight excluding hydrogens is 366 g/mol. The van der Waals surface area contributed by atoms with Crippen molar-refractivity contribution in [3.05, 3.63) is 74.2 Å². The van der Waals surface area contributed by atoms with Crippen LogP contribution in [0.5, 0.6) is 0 Å². The fraction of sp³-hybridized carbons (Fsp3) is 0.200. The van der Waals surface area contributed by atoms with Crippen molar-refractivity contribution >= 4 is 35.1 Å². The number of aryl methyl sites for hydroxylation is 1. The minimum atomic E-state index is -0.122. The highest BCUT2D eigenvalue weighted by molar-refractivity contribution is 7.10. The number of rotatable bonds is 5. The quantitative estimate of drug-likeness (QED) is 0.497. The van der Waals surface area contributed by atoms with E-state index in [1.54, 1.807) is 17.6 Å². The Morgan fingerprint density at radius 3 is 2.81 bits per heavy atom. The Morgan fingerprint density at radius 2 is 2.08 bits per heavy atom. The van der Waals surface area contributed by atoms with Crippen LogP contribution in [0.1, 0.15) is 27.4 Å². The largest absolute Gasteiger partial charge is 0.318 e. The smallest absolute Gasteiger partial charge is 0.245 e. The van der Waals surface area contributed by atoms with E-state index in [0.717, 1.165) is 38.1 Å². The number of hydrogen-bond donors (Lipinski definition) is 1. The minimum absolute atomic E-state index is 0.122. The van der Waals surface area contributed by atoms with Crippen LogP contribution in [-0.4, -0.2) is 16.7 Å². The second-order valence-corrected chi connectivity index (χ2v) is 7.53. The van der Waals surface area contributed by atoms with Crippen LogP contribution in [0.25, 0.3) is 5.69 Å². The summed E-state index contributed by atoms with van der Waals surface area (Å²) < 4.78 is 2.15. The van der Waals surface area contributed by atoms with Crippen molar-refractivity contribution in [2.75, 3.05) is 0 Å². The molecule has 1 amide bonds. The zero-order valence-corrected chi connectivity index (χ0v) is 16.5. The van der Waals surface area contributed by atoms with Gasteiger partial charge < -0.3 is 4.57 Å². The Kier molecular flexibility index (Phi) is 5.59. The van der Waals surface area contributed by atoms with Gasteiger partial charge in [0.25, 0.3) is 0 Å². The number of thiophene rings is 1. The standard InChI is InChI=1S/C20H20ClN3OS/c1-13-10-16(12-22-23-20(25)11-17-6-5-9-26-17)15(3)24(13)19-8-4-7-18(21)14(19)2/h4-10,12H,11H2,1-3H3,(H,23,25)/b22-12-. The number of halogens is 1. The van der Waals surface area contributed by atoms with Gasteiger partial charge in [0.2, 0.25) is 5.91 Å². The first-order valence-electron chi connectivity index (χ1n) is 8.26. The van der Waals surface area contributed by atoms with E-state index in [1.165, 1.54) is 0 Å². The molecule has 0 radical (unpaired) electrons. The summed E-state index contributed by atoms with van der Waals surface area (Å²) >= 11 is 7.83. The third-order valence-corrected chi connectivity index (χ3v) is 5.54. The number of nitrogens with one attached hydrogen (secondary N) is 1. The molecule has 1 N–H and O–H groups in total. The first kappa shape index (κ1) is 18.4. The Bertz CT molecular complexity index is 958. The summed E-state index contributed by atoms with van der Waals surface area (Å²) in [4.78, 5) is 12.9. The normalized spacial score (nSPS) is 11.2. The molecule has 0 saturated carbocycles. The molecule has 2 aromatic heterocycles. The van der Waals surface area contributed by atoms with Gasteiger partial charge in [-0.1, -0.05) is 23.7 Å². The number of hydrazone groups is 1.